The molecule has 4 nitrogen and oxygen atoms in total. The highest BCUT2D eigenvalue weighted by Crippen LogP contribution is 2.35. The number of carbonyl (C=O) groups excluding carboxylic acids is 1. The van der Waals surface area contributed by atoms with Crippen LogP contribution in [-0.4, -0.2) is 15.8 Å². The molecule has 0 radical (unpaired) electrons. The number of hydrogen-bond donors (Lipinski definition) is 1. The van der Waals surface area contributed by atoms with Crippen LogP contribution in [0, 0.1) is 19.7 Å². The molecule has 1 aliphatic rings. The molecule has 5 heteroatoms. The maximum Gasteiger partial charge on any atom is 0.258 e. The topological polar surface area (TPSA) is 45.2 Å². The van der Waals surface area contributed by atoms with Crippen molar-refractivity contribution in [1.29, 1.82) is 0 Å². The van der Waals surface area contributed by atoms with Crippen molar-refractivity contribution in [2.24, 2.45) is 0 Å². The normalized spacial score (nSPS) is 15.7. The monoisotopic (exact) mass is 361 g/mol. The number of amides is 1. The third-order valence-electron chi connectivity index (χ3n) is 5.06. The summed E-state index contributed by atoms with van der Waals surface area (Å²) < 4.78 is 13.2. The van der Waals surface area contributed by atoms with Crippen LogP contribution in [0.3, 0.4) is 0 Å². The Labute approximate surface area is 157 Å². The molecule has 136 valence electrons. The molecular formula is C22H20FN3O. The van der Waals surface area contributed by atoms with E-state index in [0.29, 0.717) is 17.8 Å². The number of aryl methyl sites for hydroxylation is 1. The van der Waals surface area contributed by atoms with E-state index in [9.17, 15) is 9.18 Å². The zero-order valence-corrected chi connectivity index (χ0v) is 15.2. The molecule has 1 N–H and O–H groups in total. The Morgan fingerprint density at radius 1 is 1.07 bits per heavy atom. The molecule has 0 bridgehead atoms. The molecule has 1 atom stereocenters. The summed E-state index contributed by atoms with van der Waals surface area (Å²) in [6, 6.07) is 15.8. The van der Waals surface area contributed by atoms with E-state index >= 15 is 0 Å². The molecule has 2 heterocycles. The van der Waals surface area contributed by atoms with Crippen molar-refractivity contribution in [3.63, 3.8) is 0 Å². The van der Waals surface area contributed by atoms with Gasteiger partial charge in [-0.05, 0) is 60.9 Å². The highest BCUT2D eigenvalue weighted by atomic mass is 19.1. The number of halogens is 1. The maximum absolute atomic E-state index is 13.2. The van der Waals surface area contributed by atoms with Gasteiger partial charge < -0.3 is 10.2 Å². The zero-order valence-electron chi connectivity index (χ0n) is 15.2. The Morgan fingerprint density at radius 3 is 2.63 bits per heavy atom. The standard InChI is InChI=1S/C22H20FN3O/c1-14-5-3-7-19(15(14)2)25-21-20-18(6-4-12-24-20)22(27)26(21)13-16-8-10-17(23)11-9-16/h3-12,21,25H,13H2,1-2H3. The lowest BCUT2D eigenvalue weighted by molar-refractivity contribution is 0.0727. The third-order valence-corrected chi connectivity index (χ3v) is 5.06. The number of hydrogen-bond acceptors (Lipinski definition) is 3. The van der Waals surface area contributed by atoms with Crippen LogP contribution >= 0.6 is 0 Å². The number of aromatic nitrogens is 1. The SMILES string of the molecule is Cc1cccc(NC2c3ncccc3C(=O)N2Cc2ccc(F)cc2)c1C. The lowest BCUT2D eigenvalue weighted by atomic mass is 10.1. The van der Waals surface area contributed by atoms with Crippen LogP contribution in [0.5, 0.6) is 0 Å². The zero-order chi connectivity index (χ0) is 19.0. The van der Waals surface area contributed by atoms with E-state index in [1.807, 2.05) is 12.1 Å². The average molecular weight is 361 g/mol. The minimum absolute atomic E-state index is 0.0785. The lowest BCUT2D eigenvalue weighted by Gasteiger charge is -2.27. The maximum atomic E-state index is 13.2. The molecule has 1 aromatic heterocycles. The largest absolute Gasteiger partial charge is 0.360 e. The first-order chi connectivity index (χ1) is 13.0. The smallest absolute Gasteiger partial charge is 0.258 e. The van der Waals surface area contributed by atoms with Crippen LogP contribution in [-0.2, 0) is 6.54 Å². The minimum Gasteiger partial charge on any atom is -0.360 e. The van der Waals surface area contributed by atoms with Crippen molar-refractivity contribution in [2.75, 3.05) is 5.32 Å². The van der Waals surface area contributed by atoms with E-state index in [0.717, 1.165) is 16.8 Å². The highest BCUT2D eigenvalue weighted by Gasteiger charge is 2.38. The van der Waals surface area contributed by atoms with Gasteiger partial charge in [0, 0.05) is 18.4 Å². The number of benzene rings is 2. The van der Waals surface area contributed by atoms with Gasteiger partial charge in [-0.2, -0.15) is 0 Å². The molecule has 0 fully saturated rings. The molecule has 3 aromatic rings. The summed E-state index contributed by atoms with van der Waals surface area (Å²) in [5, 5.41) is 3.49. The molecule has 1 amide bonds. The highest BCUT2D eigenvalue weighted by molar-refractivity contribution is 5.98. The third kappa shape index (κ3) is 3.16. The number of rotatable bonds is 4. The number of nitrogens with zero attached hydrogens (tertiary/aromatic N) is 2. The molecule has 2 aromatic carbocycles. The summed E-state index contributed by atoms with van der Waals surface area (Å²) in [6.07, 6.45) is 1.32. The van der Waals surface area contributed by atoms with E-state index in [1.165, 1.54) is 17.7 Å². The first-order valence-corrected chi connectivity index (χ1v) is 8.87. The molecular weight excluding hydrogens is 341 g/mol. The van der Waals surface area contributed by atoms with E-state index < -0.39 is 0 Å². The number of fused-ring (bicyclic) bond motifs is 1. The van der Waals surface area contributed by atoms with Crippen LogP contribution in [0.15, 0.2) is 60.8 Å². The van der Waals surface area contributed by atoms with Crippen LogP contribution < -0.4 is 5.32 Å². The van der Waals surface area contributed by atoms with Gasteiger partial charge in [0.25, 0.3) is 5.91 Å². The van der Waals surface area contributed by atoms with E-state index in [1.54, 1.807) is 35.4 Å². The minimum atomic E-state index is -0.376. The fraction of sp³-hybridized carbons (Fsp3) is 0.182. The molecule has 0 saturated heterocycles. The lowest BCUT2D eigenvalue weighted by Crippen LogP contribution is -2.32. The van der Waals surface area contributed by atoms with Gasteiger partial charge in [-0.3, -0.25) is 9.78 Å². The summed E-state index contributed by atoms with van der Waals surface area (Å²) >= 11 is 0. The first kappa shape index (κ1) is 17.2. The van der Waals surface area contributed by atoms with Crippen molar-refractivity contribution in [2.45, 2.75) is 26.6 Å². The van der Waals surface area contributed by atoms with Crippen molar-refractivity contribution < 1.29 is 9.18 Å². The first-order valence-electron chi connectivity index (χ1n) is 8.87. The second-order valence-corrected chi connectivity index (χ2v) is 6.79. The fourth-order valence-corrected chi connectivity index (χ4v) is 3.39. The predicted molar refractivity (Wildman–Crippen MR) is 103 cm³/mol. The number of pyridine rings is 1. The van der Waals surface area contributed by atoms with E-state index in [-0.39, 0.29) is 17.9 Å². The van der Waals surface area contributed by atoms with Gasteiger partial charge in [0.2, 0.25) is 0 Å². The van der Waals surface area contributed by atoms with E-state index in [4.69, 9.17) is 0 Å². The Morgan fingerprint density at radius 2 is 1.85 bits per heavy atom. The van der Waals surface area contributed by atoms with Gasteiger partial charge in [0.15, 0.2) is 0 Å². The van der Waals surface area contributed by atoms with Gasteiger partial charge in [-0.1, -0.05) is 24.3 Å². The number of anilines is 1. The van der Waals surface area contributed by atoms with Crippen LogP contribution in [0.4, 0.5) is 10.1 Å². The molecule has 27 heavy (non-hydrogen) atoms. The van der Waals surface area contributed by atoms with Gasteiger partial charge >= 0.3 is 0 Å². The van der Waals surface area contributed by atoms with Crippen molar-refractivity contribution >= 4 is 11.6 Å². The quantitative estimate of drug-likeness (QED) is 0.738. The summed E-state index contributed by atoms with van der Waals surface area (Å²) in [6.45, 7) is 4.49. The van der Waals surface area contributed by atoms with Crippen molar-refractivity contribution in [3.05, 3.63) is 94.6 Å². The van der Waals surface area contributed by atoms with Gasteiger partial charge in [-0.25, -0.2) is 4.39 Å². The second-order valence-electron chi connectivity index (χ2n) is 6.79. The number of nitrogens with one attached hydrogen (secondary N) is 1. The molecule has 0 spiro atoms. The molecule has 0 saturated carbocycles. The van der Waals surface area contributed by atoms with Crippen LogP contribution in [0.25, 0.3) is 0 Å². The Balaban J connectivity index is 1.71. The van der Waals surface area contributed by atoms with Gasteiger partial charge in [0.05, 0.1) is 11.3 Å². The summed E-state index contributed by atoms with van der Waals surface area (Å²) in [5.74, 6) is -0.369. The molecule has 4 rings (SSSR count). The van der Waals surface area contributed by atoms with Crippen molar-refractivity contribution in [3.8, 4) is 0 Å². The summed E-state index contributed by atoms with van der Waals surface area (Å²) in [5.41, 5.74) is 5.46. The Kier molecular flexibility index (Phi) is 4.36. The Hall–Kier alpha value is -3.21. The second kappa shape index (κ2) is 6.83. The average Bonchev–Trinajstić information content (AvgIpc) is 2.93. The summed E-state index contributed by atoms with van der Waals surface area (Å²) in [4.78, 5) is 19.2. The van der Waals surface area contributed by atoms with E-state index in [2.05, 4.69) is 30.2 Å². The van der Waals surface area contributed by atoms with Gasteiger partial charge in [0.1, 0.15) is 12.0 Å². The molecule has 0 aliphatic carbocycles. The van der Waals surface area contributed by atoms with Crippen molar-refractivity contribution in [1.82, 2.24) is 9.88 Å². The number of carbonyl (C=O) groups is 1. The molecule has 1 aliphatic heterocycles. The predicted octanol–water partition coefficient (Wildman–Crippen LogP) is 4.60. The summed E-state index contributed by atoms with van der Waals surface area (Å²) in [7, 11) is 0. The van der Waals surface area contributed by atoms with Gasteiger partial charge in [-0.15, -0.1) is 0 Å². The Bertz CT molecular complexity index is 1000. The fourth-order valence-electron chi connectivity index (χ4n) is 3.39. The van der Waals surface area contributed by atoms with Crippen LogP contribution in [0.1, 0.15) is 38.9 Å². The molecule has 1 unspecified atom stereocenters. The van der Waals surface area contributed by atoms with Crippen LogP contribution in [0.2, 0.25) is 0 Å².